The number of ether oxygens (including phenoxy) is 4. The van der Waals surface area contributed by atoms with Gasteiger partial charge in [0.25, 0.3) is 0 Å². The molecule has 2 spiro atoms. The molecule has 1 amide bonds. The van der Waals surface area contributed by atoms with Crippen LogP contribution in [0, 0.1) is 51.2 Å². The third kappa shape index (κ3) is 5.22. The topological polar surface area (TPSA) is 97.7 Å². The molecule has 3 saturated heterocycles. The Kier molecular flexibility index (Phi) is 8.26. The highest BCUT2D eigenvalue weighted by molar-refractivity contribution is 5.76. The maximum Gasteiger partial charge on any atom is 0.223 e. The Balaban J connectivity index is 0.925. The number of hydrogen-bond acceptors (Lipinski definition) is 7. The van der Waals surface area contributed by atoms with Crippen molar-refractivity contribution in [2.45, 2.75) is 154 Å². The highest BCUT2D eigenvalue weighted by atomic mass is 16.7. The fourth-order valence-corrected chi connectivity index (χ4v) is 13.6. The molecule has 8 rings (SSSR count). The zero-order valence-electron chi connectivity index (χ0n) is 29.9. The first-order chi connectivity index (χ1) is 22.3. The summed E-state index contributed by atoms with van der Waals surface area (Å²) in [5.41, 5.74) is 0.155. The second kappa shape index (κ2) is 11.6. The zero-order valence-corrected chi connectivity index (χ0v) is 29.9. The summed E-state index contributed by atoms with van der Waals surface area (Å²) in [5.74, 6) is 3.39. The molecule has 0 aromatic rings. The van der Waals surface area contributed by atoms with Crippen LogP contribution < -0.4 is 0 Å². The number of rotatable bonds is 6. The molecule has 8 nitrogen and oxygen atoms in total. The van der Waals surface area contributed by atoms with Crippen molar-refractivity contribution in [3.05, 3.63) is 0 Å². The second-order valence-corrected chi connectivity index (χ2v) is 19.0. The van der Waals surface area contributed by atoms with Crippen molar-refractivity contribution < 1.29 is 34.0 Å². The lowest BCUT2D eigenvalue weighted by atomic mass is 9.46. The van der Waals surface area contributed by atoms with E-state index >= 15 is 0 Å². The van der Waals surface area contributed by atoms with Gasteiger partial charge in [0.2, 0.25) is 5.91 Å². The predicted octanol–water partition coefficient (Wildman–Crippen LogP) is 5.71. The Hall–Kier alpha value is -0.770. The molecule has 8 aliphatic rings. The Morgan fingerprint density at radius 3 is 2.47 bits per heavy atom. The number of morpholine rings is 1. The van der Waals surface area contributed by atoms with Gasteiger partial charge in [-0.2, -0.15) is 0 Å². The molecular weight excluding hydrogens is 594 g/mol. The third-order valence-corrected chi connectivity index (χ3v) is 16.1. The standard InChI is InChI=1S/C39H63NO7/c1-35(2)30-9-7-25-27-21-29-26(6-8-28(46-29)34(42)36(3,4)43)37(27,5)14-15-38(25)23-39(30,38)13-10-31(35)47-33-22-40(16-19-45-33)32(41)20-24-11-17-44-18-12-24/h24-31,33-34,42-43H,6-23H2,1-5H3/t25?,26?,27?,28?,29?,30?,31-,33?,34-,37?,38-,39+/m0/s1. The summed E-state index contributed by atoms with van der Waals surface area (Å²) in [5, 5.41) is 21.4. The molecule has 12 atom stereocenters. The van der Waals surface area contributed by atoms with E-state index in [1.165, 1.54) is 38.5 Å². The molecule has 2 N–H and O–H groups in total. The smallest absolute Gasteiger partial charge is 0.223 e. The molecule has 0 radical (unpaired) electrons. The monoisotopic (exact) mass is 657 g/mol. The van der Waals surface area contributed by atoms with Crippen LogP contribution in [0.2, 0.25) is 0 Å². The van der Waals surface area contributed by atoms with Gasteiger partial charge in [0.05, 0.1) is 37.1 Å². The Morgan fingerprint density at radius 2 is 1.70 bits per heavy atom. The summed E-state index contributed by atoms with van der Waals surface area (Å²) in [7, 11) is 0. The summed E-state index contributed by atoms with van der Waals surface area (Å²) >= 11 is 0. The molecule has 8 unspecified atom stereocenters. The van der Waals surface area contributed by atoms with Crippen LogP contribution in [0.3, 0.4) is 0 Å². The van der Waals surface area contributed by atoms with Crippen molar-refractivity contribution in [2.75, 3.05) is 32.9 Å². The van der Waals surface area contributed by atoms with E-state index in [1.807, 2.05) is 4.90 Å². The minimum atomic E-state index is -1.14. The summed E-state index contributed by atoms with van der Waals surface area (Å²) in [6, 6.07) is 0. The van der Waals surface area contributed by atoms with Gasteiger partial charge in [-0.1, -0.05) is 20.8 Å². The van der Waals surface area contributed by atoms with E-state index in [0.717, 1.165) is 57.7 Å². The van der Waals surface area contributed by atoms with Crippen LogP contribution in [0.4, 0.5) is 0 Å². The van der Waals surface area contributed by atoms with Crippen molar-refractivity contribution >= 4 is 5.91 Å². The highest BCUT2D eigenvalue weighted by Crippen LogP contribution is 2.87. The van der Waals surface area contributed by atoms with Gasteiger partial charge in [0.1, 0.15) is 6.10 Å². The molecule has 8 fully saturated rings. The van der Waals surface area contributed by atoms with Crippen molar-refractivity contribution in [1.82, 2.24) is 4.90 Å². The van der Waals surface area contributed by atoms with E-state index < -0.39 is 11.7 Å². The average Bonchev–Trinajstić information content (AvgIpc) is 3.62. The van der Waals surface area contributed by atoms with Gasteiger partial charge in [-0.25, -0.2) is 0 Å². The first kappa shape index (κ1) is 33.4. The van der Waals surface area contributed by atoms with Gasteiger partial charge < -0.3 is 34.1 Å². The maximum atomic E-state index is 13.2. The first-order valence-corrected chi connectivity index (χ1v) is 19.5. The van der Waals surface area contributed by atoms with E-state index in [1.54, 1.807) is 13.8 Å². The predicted molar refractivity (Wildman–Crippen MR) is 177 cm³/mol. The molecule has 0 bridgehead atoms. The fourth-order valence-electron chi connectivity index (χ4n) is 13.6. The molecule has 5 aliphatic carbocycles. The molecule has 8 heteroatoms. The first-order valence-electron chi connectivity index (χ1n) is 19.5. The largest absolute Gasteiger partial charge is 0.388 e. The molecule has 5 saturated carbocycles. The van der Waals surface area contributed by atoms with Gasteiger partial charge in [-0.15, -0.1) is 0 Å². The number of fused-ring (bicyclic) bond motifs is 4. The van der Waals surface area contributed by atoms with Crippen LogP contribution in [0.15, 0.2) is 0 Å². The maximum absolute atomic E-state index is 13.2. The summed E-state index contributed by atoms with van der Waals surface area (Å²) in [6.07, 6.45) is 13.6. The Morgan fingerprint density at radius 1 is 0.936 bits per heavy atom. The molecule has 3 heterocycles. The molecule has 266 valence electrons. The second-order valence-electron chi connectivity index (χ2n) is 19.0. The van der Waals surface area contributed by atoms with E-state index in [0.29, 0.717) is 66.0 Å². The number of aliphatic hydroxyl groups excluding tert-OH is 1. The number of amides is 1. The van der Waals surface area contributed by atoms with E-state index in [9.17, 15) is 15.0 Å². The van der Waals surface area contributed by atoms with Crippen LogP contribution in [-0.4, -0.2) is 90.2 Å². The number of nitrogens with zero attached hydrogens (tertiary/aromatic N) is 1. The Bertz CT molecular complexity index is 1200. The van der Waals surface area contributed by atoms with Gasteiger partial charge >= 0.3 is 0 Å². The van der Waals surface area contributed by atoms with Gasteiger partial charge in [0, 0.05) is 26.2 Å². The summed E-state index contributed by atoms with van der Waals surface area (Å²) < 4.78 is 25.2. The van der Waals surface area contributed by atoms with E-state index in [4.69, 9.17) is 18.9 Å². The van der Waals surface area contributed by atoms with Crippen LogP contribution in [0.25, 0.3) is 0 Å². The average molecular weight is 658 g/mol. The van der Waals surface area contributed by atoms with Crippen molar-refractivity contribution in [2.24, 2.45) is 51.2 Å². The van der Waals surface area contributed by atoms with Crippen LogP contribution in [0.5, 0.6) is 0 Å². The van der Waals surface area contributed by atoms with E-state index in [-0.39, 0.29) is 35.9 Å². The normalized spacial score (nSPS) is 48.4. The lowest BCUT2D eigenvalue weighted by Crippen LogP contribution is -2.56. The van der Waals surface area contributed by atoms with Crippen molar-refractivity contribution in [3.8, 4) is 0 Å². The molecule has 3 aliphatic heterocycles. The zero-order chi connectivity index (χ0) is 33.0. The van der Waals surface area contributed by atoms with E-state index in [2.05, 4.69) is 20.8 Å². The summed E-state index contributed by atoms with van der Waals surface area (Å²) in [6.45, 7) is 14.3. The molecule has 0 aromatic carbocycles. The van der Waals surface area contributed by atoms with Crippen LogP contribution in [-0.2, 0) is 23.7 Å². The minimum Gasteiger partial charge on any atom is -0.388 e. The van der Waals surface area contributed by atoms with Crippen molar-refractivity contribution in [1.29, 1.82) is 0 Å². The quantitative estimate of drug-likeness (QED) is 0.378. The number of hydrogen-bond donors (Lipinski definition) is 2. The highest BCUT2D eigenvalue weighted by Gasteiger charge is 2.80. The van der Waals surface area contributed by atoms with Gasteiger partial charge in [-0.05, 0) is 142 Å². The number of carbonyl (C=O) groups excluding carboxylic acids is 1. The lowest BCUT2D eigenvalue weighted by Gasteiger charge is -2.60. The fraction of sp³-hybridized carbons (Fsp3) is 0.974. The van der Waals surface area contributed by atoms with Gasteiger partial charge in [0.15, 0.2) is 6.29 Å². The molecule has 47 heavy (non-hydrogen) atoms. The lowest BCUT2D eigenvalue weighted by molar-refractivity contribution is -0.244. The third-order valence-electron chi connectivity index (χ3n) is 16.1. The number of aliphatic hydroxyl groups is 2. The SMILES string of the molecule is CC12CC[C@@]34C[C@@]35CC[C@H](OC3CN(C(=O)CC6CCOCC6)CCO3)C(C)(C)C5CCC4C1CC1OC([C@H](O)C(C)(C)O)CCC12. The van der Waals surface area contributed by atoms with Gasteiger partial charge in [-0.3, -0.25) is 4.79 Å². The Labute approximate surface area is 283 Å². The number of carbonyl (C=O) groups is 1. The minimum absolute atomic E-state index is 0.0679. The van der Waals surface area contributed by atoms with Crippen LogP contribution >= 0.6 is 0 Å². The summed E-state index contributed by atoms with van der Waals surface area (Å²) in [4.78, 5) is 15.2. The van der Waals surface area contributed by atoms with Crippen LogP contribution in [0.1, 0.15) is 118 Å². The molecular formula is C39H63NO7. The molecule has 0 aromatic heterocycles. The van der Waals surface area contributed by atoms with Crippen molar-refractivity contribution in [3.63, 3.8) is 0 Å².